The van der Waals surface area contributed by atoms with Crippen LogP contribution in [0.2, 0.25) is 0 Å². The van der Waals surface area contributed by atoms with Crippen molar-refractivity contribution >= 4 is 26.2 Å². The summed E-state index contributed by atoms with van der Waals surface area (Å²) in [7, 11) is -0.149. The Morgan fingerprint density at radius 3 is 2.22 bits per heavy atom. The minimum atomic E-state index is -1.29. The molecule has 0 radical (unpaired) electrons. The van der Waals surface area contributed by atoms with Crippen LogP contribution in [-0.2, 0) is 18.8 Å². The molecule has 4 nitrogen and oxygen atoms in total. The zero-order valence-electron chi connectivity index (χ0n) is 15.7. The number of hydrogen-bond donors (Lipinski definition) is 0. The fourth-order valence-electron chi connectivity index (χ4n) is 3.01. The molecule has 0 N–H and O–H groups in total. The van der Waals surface area contributed by atoms with E-state index in [2.05, 4.69) is 0 Å². The molecule has 0 amide bonds. The van der Waals surface area contributed by atoms with Crippen LogP contribution in [0.4, 0.5) is 0 Å². The molecule has 2 aromatic carbocycles. The minimum absolute atomic E-state index is 0.0502. The van der Waals surface area contributed by atoms with Crippen molar-refractivity contribution in [1.82, 2.24) is 0 Å². The van der Waals surface area contributed by atoms with Gasteiger partial charge in [-0.1, -0.05) is 48.5 Å². The van der Waals surface area contributed by atoms with Gasteiger partial charge in [-0.2, -0.15) is 0 Å². The van der Waals surface area contributed by atoms with Gasteiger partial charge < -0.3 is 9.47 Å². The zero-order valence-corrected chi connectivity index (χ0v) is 17.4. The van der Waals surface area contributed by atoms with Crippen molar-refractivity contribution in [2.75, 3.05) is 25.1 Å². The number of rotatable bonds is 11. The summed E-state index contributed by atoms with van der Waals surface area (Å²) in [5.74, 6) is -0.162. The summed E-state index contributed by atoms with van der Waals surface area (Å²) in [6.45, 7) is 4.17. The maximum absolute atomic E-state index is 13.0. The van der Waals surface area contributed by atoms with Gasteiger partial charge in [0.2, 0.25) is 0 Å². The molecule has 0 heterocycles. The van der Waals surface area contributed by atoms with Crippen molar-refractivity contribution in [3.8, 4) is 0 Å². The molecule has 0 aliphatic carbocycles. The van der Waals surface area contributed by atoms with E-state index in [0.717, 1.165) is 10.5 Å². The number of carbonyl (C=O) groups excluding carboxylic acids is 1. The molecule has 0 fully saturated rings. The number of benzene rings is 2. The molecule has 2 unspecified atom stereocenters. The van der Waals surface area contributed by atoms with Gasteiger partial charge in [0.05, 0.1) is 12.8 Å². The number of ether oxygens (including phenoxy) is 2. The summed E-state index contributed by atoms with van der Waals surface area (Å²) in [6, 6.07) is 19.8. The Hall–Kier alpha value is -1.68. The number of hydrogen-bond acceptors (Lipinski definition) is 5. The van der Waals surface area contributed by atoms with Crippen molar-refractivity contribution in [1.29, 1.82) is 0 Å². The average molecular weight is 404 g/mol. The van der Waals surface area contributed by atoms with Gasteiger partial charge in [-0.05, 0) is 31.5 Å². The van der Waals surface area contributed by atoms with Crippen molar-refractivity contribution in [3.63, 3.8) is 0 Å². The van der Waals surface area contributed by atoms with Crippen molar-refractivity contribution < 1.29 is 18.8 Å². The van der Waals surface area contributed by atoms with Crippen LogP contribution in [0.1, 0.15) is 25.3 Å². The summed E-state index contributed by atoms with van der Waals surface area (Å²) in [5, 5.41) is 0. The highest BCUT2D eigenvalue weighted by Gasteiger charge is 2.49. The Kier molecular flexibility index (Phi) is 8.99. The number of thioether (sulfide) groups is 1. The fourth-order valence-corrected chi connectivity index (χ4v) is 4.81. The zero-order chi connectivity index (χ0) is 19.5. The quantitative estimate of drug-likeness (QED) is 0.293. The van der Waals surface area contributed by atoms with E-state index in [1.165, 1.54) is 0 Å². The Morgan fingerprint density at radius 1 is 1.04 bits per heavy atom. The molecule has 0 bridgehead atoms. The highest BCUT2D eigenvalue weighted by molar-refractivity contribution is 7.99. The standard InChI is InChI=1S/C21H25O4PS/c1-3-24-20(22)21(16-26-23,25-4-2)19(17-11-7-5-8-12-17)15-27-18-13-9-6-10-14-18/h5-14,19H,3-4,15-16H2,1-2H3. The monoisotopic (exact) mass is 404 g/mol. The van der Waals surface area contributed by atoms with Crippen molar-refractivity contribution in [2.45, 2.75) is 30.3 Å². The van der Waals surface area contributed by atoms with Crippen LogP contribution < -0.4 is 0 Å². The highest BCUT2D eigenvalue weighted by atomic mass is 32.2. The molecule has 6 heteroatoms. The molecule has 0 saturated carbocycles. The first-order chi connectivity index (χ1) is 13.2. The van der Waals surface area contributed by atoms with E-state index in [4.69, 9.17) is 9.47 Å². The molecule has 2 atom stereocenters. The van der Waals surface area contributed by atoms with E-state index < -0.39 is 11.6 Å². The summed E-state index contributed by atoms with van der Waals surface area (Å²) in [6.07, 6.45) is 0.0502. The number of carbonyl (C=O) groups is 1. The molecule has 0 saturated heterocycles. The van der Waals surface area contributed by atoms with Gasteiger partial charge in [-0.25, -0.2) is 4.79 Å². The van der Waals surface area contributed by atoms with Gasteiger partial charge >= 0.3 is 5.97 Å². The maximum atomic E-state index is 13.0. The van der Waals surface area contributed by atoms with Crippen LogP contribution in [0, 0.1) is 0 Å². The van der Waals surface area contributed by atoms with Crippen molar-refractivity contribution in [2.24, 2.45) is 0 Å². The van der Waals surface area contributed by atoms with Gasteiger partial charge in [0.15, 0.2) is 14.1 Å². The minimum Gasteiger partial charge on any atom is -0.464 e. The van der Waals surface area contributed by atoms with E-state index in [0.29, 0.717) is 12.4 Å². The Balaban J connectivity index is 2.44. The molecule has 0 spiro atoms. The average Bonchev–Trinajstić information content (AvgIpc) is 2.70. The van der Waals surface area contributed by atoms with E-state index in [1.54, 1.807) is 18.7 Å². The van der Waals surface area contributed by atoms with Gasteiger partial charge in [0, 0.05) is 23.2 Å². The molecule has 144 valence electrons. The molecule has 0 aliphatic rings. The Labute approximate surface area is 166 Å². The molecule has 0 aromatic heterocycles. The first-order valence-corrected chi connectivity index (χ1v) is 11.0. The van der Waals surface area contributed by atoms with Gasteiger partial charge in [0.1, 0.15) is 0 Å². The van der Waals surface area contributed by atoms with Crippen LogP contribution in [0.15, 0.2) is 65.6 Å². The first-order valence-electron chi connectivity index (χ1n) is 9.01. The summed E-state index contributed by atoms with van der Waals surface area (Å²) >= 11 is 1.64. The topological polar surface area (TPSA) is 52.6 Å². The molecule has 27 heavy (non-hydrogen) atoms. The van der Waals surface area contributed by atoms with E-state index in [9.17, 15) is 9.36 Å². The van der Waals surface area contributed by atoms with Crippen molar-refractivity contribution in [3.05, 3.63) is 66.2 Å². The third-order valence-corrected chi connectivity index (χ3v) is 5.95. The largest absolute Gasteiger partial charge is 0.464 e. The third-order valence-electron chi connectivity index (χ3n) is 4.25. The van der Waals surface area contributed by atoms with Gasteiger partial charge in [-0.3, -0.25) is 4.57 Å². The molecule has 2 rings (SSSR count). The van der Waals surface area contributed by atoms with Crippen LogP contribution in [0.5, 0.6) is 0 Å². The summed E-state index contributed by atoms with van der Waals surface area (Å²) in [5.41, 5.74) is -0.330. The Bertz CT molecular complexity index is 711. The second-order valence-corrected chi connectivity index (χ2v) is 7.59. The summed E-state index contributed by atoms with van der Waals surface area (Å²) in [4.78, 5) is 14.1. The van der Waals surface area contributed by atoms with Crippen LogP contribution in [0.3, 0.4) is 0 Å². The molecular weight excluding hydrogens is 379 g/mol. The second-order valence-electron chi connectivity index (χ2n) is 5.92. The molecule has 2 aromatic rings. The predicted octanol–water partition coefficient (Wildman–Crippen LogP) is 5.19. The van der Waals surface area contributed by atoms with Crippen LogP contribution in [0.25, 0.3) is 0 Å². The van der Waals surface area contributed by atoms with E-state index in [-0.39, 0.29) is 27.1 Å². The maximum Gasteiger partial charge on any atom is 0.339 e. The normalized spacial score (nSPS) is 14.4. The first kappa shape index (κ1) is 21.6. The highest BCUT2D eigenvalue weighted by Crippen LogP contribution is 2.39. The van der Waals surface area contributed by atoms with Crippen LogP contribution >= 0.6 is 20.2 Å². The number of esters is 1. The lowest BCUT2D eigenvalue weighted by Gasteiger charge is -2.37. The lowest BCUT2D eigenvalue weighted by Crippen LogP contribution is -2.51. The second kappa shape index (κ2) is 11.2. The van der Waals surface area contributed by atoms with Gasteiger partial charge in [-0.15, -0.1) is 11.8 Å². The van der Waals surface area contributed by atoms with Crippen LogP contribution in [-0.4, -0.2) is 36.7 Å². The smallest absolute Gasteiger partial charge is 0.339 e. The van der Waals surface area contributed by atoms with E-state index >= 15 is 0 Å². The fraction of sp³-hybridized carbons (Fsp3) is 0.381. The lowest BCUT2D eigenvalue weighted by molar-refractivity contribution is -0.171. The third kappa shape index (κ3) is 5.65. The lowest BCUT2D eigenvalue weighted by atomic mass is 9.84. The molecule has 0 aliphatic heterocycles. The Morgan fingerprint density at radius 2 is 1.67 bits per heavy atom. The summed E-state index contributed by atoms with van der Waals surface area (Å²) < 4.78 is 23.0. The predicted molar refractivity (Wildman–Crippen MR) is 110 cm³/mol. The SMILES string of the molecule is CCOC(=O)C(CP=O)(OCC)C(CSc1ccccc1)c1ccccc1. The van der Waals surface area contributed by atoms with Gasteiger partial charge in [0.25, 0.3) is 0 Å². The van der Waals surface area contributed by atoms with E-state index in [1.807, 2.05) is 67.6 Å². The molecular formula is C21H25O4PS.